The number of hydrogen-bond acceptors (Lipinski definition) is 7. The molecule has 0 spiro atoms. The van der Waals surface area contributed by atoms with E-state index in [1.165, 1.54) is 13.2 Å². The Kier molecular flexibility index (Phi) is 6.28. The molecule has 0 N–H and O–H groups in total. The van der Waals surface area contributed by atoms with Crippen molar-refractivity contribution in [1.82, 2.24) is 4.98 Å². The van der Waals surface area contributed by atoms with Crippen LogP contribution in [0, 0.1) is 11.1 Å². The number of benzene rings is 1. The molecule has 1 aliphatic rings. The van der Waals surface area contributed by atoms with Crippen molar-refractivity contribution in [3.63, 3.8) is 0 Å². The van der Waals surface area contributed by atoms with Gasteiger partial charge in [0.15, 0.2) is 5.69 Å². The summed E-state index contributed by atoms with van der Waals surface area (Å²) in [6, 6.07) is 4.83. The van der Waals surface area contributed by atoms with E-state index in [0.717, 1.165) is 32.1 Å². The maximum Gasteiger partial charge on any atom is 0.406 e. The molecular weight excluding hydrogens is 364 g/mol. The van der Waals surface area contributed by atoms with Gasteiger partial charge in [-0.3, -0.25) is 4.79 Å². The van der Waals surface area contributed by atoms with Crippen molar-refractivity contribution < 1.29 is 28.5 Å². The maximum atomic E-state index is 12.8. The Balaban J connectivity index is 1.92. The number of nitrogens with zero attached hydrogens (tertiary/aromatic N) is 2. The first kappa shape index (κ1) is 19.9. The number of hydrogen-bond donors (Lipinski definition) is 0. The average molecular weight is 388 g/mol. The Bertz CT molecular complexity index is 877. The number of fused-ring (bicyclic) bond motifs is 1. The van der Waals surface area contributed by atoms with Gasteiger partial charge in [0.05, 0.1) is 25.7 Å². The molecule has 1 heterocycles. The molecule has 1 fully saturated rings. The Morgan fingerprint density at radius 1 is 1.25 bits per heavy atom. The standard InChI is InChI=1S/C20H24N2O6/c1-3-27-14-9-10-15-17(11-14)22(25)18(20(24)26-2)16(21-15)12-28-19(23)13-7-5-4-6-8-13/h9-11,13H,3-8,12H2,1-2H3. The van der Waals surface area contributed by atoms with Crippen LogP contribution in [0.5, 0.6) is 5.75 Å². The van der Waals surface area contributed by atoms with E-state index >= 15 is 0 Å². The summed E-state index contributed by atoms with van der Waals surface area (Å²) in [5.74, 6) is -0.797. The molecule has 0 aliphatic heterocycles. The molecule has 28 heavy (non-hydrogen) atoms. The number of aromatic nitrogens is 2. The summed E-state index contributed by atoms with van der Waals surface area (Å²) in [6.45, 7) is 2.01. The number of carbonyl (C=O) groups excluding carboxylic acids is 2. The molecular formula is C20H24N2O6. The van der Waals surface area contributed by atoms with Crippen LogP contribution >= 0.6 is 0 Å². The van der Waals surface area contributed by atoms with Gasteiger partial charge in [0.2, 0.25) is 5.52 Å². The smallest absolute Gasteiger partial charge is 0.406 e. The van der Waals surface area contributed by atoms with Gasteiger partial charge < -0.3 is 19.4 Å². The van der Waals surface area contributed by atoms with Crippen molar-refractivity contribution in [3.05, 3.63) is 34.8 Å². The lowest BCUT2D eigenvalue weighted by Gasteiger charge is -2.20. The number of carbonyl (C=O) groups is 2. The average Bonchev–Trinajstić information content (AvgIpc) is 2.73. The second-order valence-corrected chi connectivity index (χ2v) is 6.72. The van der Waals surface area contributed by atoms with E-state index in [0.29, 0.717) is 22.6 Å². The monoisotopic (exact) mass is 388 g/mol. The first-order valence-corrected chi connectivity index (χ1v) is 9.49. The van der Waals surface area contributed by atoms with Gasteiger partial charge in [-0.1, -0.05) is 19.3 Å². The minimum absolute atomic E-state index is 0.0719. The zero-order chi connectivity index (χ0) is 20.1. The maximum absolute atomic E-state index is 12.8. The van der Waals surface area contributed by atoms with Crippen molar-refractivity contribution in [1.29, 1.82) is 0 Å². The number of esters is 2. The summed E-state index contributed by atoms with van der Waals surface area (Å²) < 4.78 is 16.0. The van der Waals surface area contributed by atoms with E-state index in [1.54, 1.807) is 12.1 Å². The molecule has 2 aromatic rings. The fraction of sp³-hybridized carbons (Fsp3) is 0.500. The summed E-state index contributed by atoms with van der Waals surface area (Å²) in [5.41, 5.74) is 0.325. The first-order valence-electron chi connectivity index (χ1n) is 9.49. The molecule has 8 nitrogen and oxygen atoms in total. The summed E-state index contributed by atoms with van der Waals surface area (Å²) in [5, 5.41) is 12.8. The largest absolute Gasteiger partial charge is 0.618 e. The Hall–Kier alpha value is -2.90. The zero-order valence-electron chi connectivity index (χ0n) is 16.1. The minimum Gasteiger partial charge on any atom is -0.618 e. The summed E-state index contributed by atoms with van der Waals surface area (Å²) in [6.07, 6.45) is 4.74. The van der Waals surface area contributed by atoms with Crippen LogP contribution in [-0.4, -0.2) is 30.6 Å². The Labute approximate surface area is 163 Å². The third-order valence-electron chi connectivity index (χ3n) is 4.88. The second kappa shape index (κ2) is 8.86. The Morgan fingerprint density at radius 2 is 2.00 bits per heavy atom. The molecule has 3 rings (SSSR count). The van der Waals surface area contributed by atoms with Crippen molar-refractivity contribution in [2.24, 2.45) is 5.92 Å². The fourth-order valence-electron chi connectivity index (χ4n) is 3.45. The van der Waals surface area contributed by atoms with Gasteiger partial charge in [0.25, 0.3) is 0 Å². The summed E-state index contributed by atoms with van der Waals surface area (Å²) >= 11 is 0. The lowest BCUT2D eigenvalue weighted by atomic mass is 9.89. The van der Waals surface area contributed by atoms with Gasteiger partial charge in [-0.15, -0.1) is 0 Å². The van der Waals surface area contributed by atoms with Crippen molar-refractivity contribution in [3.8, 4) is 5.75 Å². The molecule has 0 unspecified atom stereocenters. The molecule has 0 saturated heterocycles. The van der Waals surface area contributed by atoms with E-state index in [1.807, 2.05) is 6.92 Å². The molecule has 1 aromatic heterocycles. The van der Waals surface area contributed by atoms with Crippen LogP contribution in [0.25, 0.3) is 11.0 Å². The van der Waals surface area contributed by atoms with E-state index in [9.17, 15) is 14.8 Å². The number of rotatable bonds is 6. The van der Waals surface area contributed by atoms with Gasteiger partial charge in [-0.2, -0.15) is 4.73 Å². The highest BCUT2D eigenvalue weighted by molar-refractivity contribution is 5.88. The van der Waals surface area contributed by atoms with Crippen LogP contribution in [0.15, 0.2) is 18.2 Å². The van der Waals surface area contributed by atoms with Gasteiger partial charge >= 0.3 is 17.6 Å². The van der Waals surface area contributed by atoms with E-state index in [2.05, 4.69) is 4.98 Å². The van der Waals surface area contributed by atoms with E-state index in [4.69, 9.17) is 14.2 Å². The topological polar surface area (TPSA) is 102 Å². The van der Waals surface area contributed by atoms with Crippen LogP contribution < -0.4 is 9.47 Å². The lowest BCUT2D eigenvalue weighted by molar-refractivity contribution is -0.581. The lowest BCUT2D eigenvalue weighted by Crippen LogP contribution is -2.38. The molecule has 8 heteroatoms. The molecule has 0 atom stereocenters. The molecule has 1 saturated carbocycles. The van der Waals surface area contributed by atoms with Crippen molar-refractivity contribution in [2.45, 2.75) is 45.6 Å². The van der Waals surface area contributed by atoms with Crippen LogP contribution in [0.2, 0.25) is 0 Å². The molecule has 1 aliphatic carbocycles. The third-order valence-corrected chi connectivity index (χ3v) is 4.88. The van der Waals surface area contributed by atoms with Crippen LogP contribution in [-0.2, 0) is 20.9 Å². The molecule has 0 amide bonds. The molecule has 0 bridgehead atoms. The highest BCUT2D eigenvalue weighted by atomic mass is 16.5. The second-order valence-electron chi connectivity index (χ2n) is 6.72. The van der Waals surface area contributed by atoms with Crippen LogP contribution in [0.3, 0.4) is 0 Å². The number of ether oxygens (including phenoxy) is 3. The molecule has 150 valence electrons. The van der Waals surface area contributed by atoms with Gasteiger partial charge in [0, 0.05) is 0 Å². The van der Waals surface area contributed by atoms with Crippen LogP contribution in [0.4, 0.5) is 0 Å². The minimum atomic E-state index is -0.838. The molecule has 0 radical (unpaired) electrons. The third kappa shape index (κ3) is 4.16. The van der Waals surface area contributed by atoms with Gasteiger partial charge in [0.1, 0.15) is 17.9 Å². The van der Waals surface area contributed by atoms with Crippen molar-refractivity contribution in [2.75, 3.05) is 13.7 Å². The van der Waals surface area contributed by atoms with Crippen molar-refractivity contribution >= 4 is 23.0 Å². The fourth-order valence-corrected chi connectivity index (χ4v) is 3.45. The van der Waals surface area contributed by atoms with E-state index < -0.39 is 5.97 Å². The summed E-state index contributed by atoms with van der Waals surface area (Å²) in [4.78, 5) is 28.9. The SMILES string of the molecule is CCOc1ccc2nc(COC(=O)C3CCCCC3)c(C(=O)OC)[n+]([O-])c2c1. The number of methoxy groups -OCH3 is 1. The Morgan fingerprint density at radius 3 is 2.68 bits per heavy atom. The molecule has 1 aromatic carbocycles. The highest BCUT2D eigenvalue weighted by Gasteiger charge is 2.29. The van der Waals surface area contributed by atoms with Gasteiger partial charge in [-0.05, 0) is 31.9 Å². The zero-order valence-corrected chi connectivity index (χ0v) is 16.1. The van der Waals surface area contributed by atoms with Gasteiger partial charge in [-0.25, -0.2) is 9.78 Å². The van der Waals surface area contributed by atoms with Crippen LogP contribution in [0.1, 0.15) is 55.2 Å². The summed E-state index contributed by atoms with van der Waals surface area (Å²) in [7, 11) is 1.18. The predicted octanol–water partition coefficient (Wildman–Crippen LogP) is 2.68. The normalized spacial score (nSPS) is 14.6. The van der Waals surface area contributed by atoms with E-state index in [-0.39, 0.29) is 35.4 Å². The first-order chi connectivity index (χ1) is 13.5. The predicted molar refractivity (Wildman–Crippen MR) is 99.6 cm³/mol. The highest BCUT2D eigenvalue weighted by Crippen LogP contribution is 2.25. The quantitative estimate of drug-likeness (QED) is 0.426.